The molecule has 2 aromatic carbocycles. The van der Waals surface area contributed by atoms with Gasteiger partial charge < -0.3 is 20.3 Å². The van der Waals surface area contributed by atoms with E-state index in [4.69, 9.17) is 4.74 Å². The van der Waals surface area contributed by atoms with Crippen molar-refractivity contribution in [1.29, 1.82) is 0 Å². The fourth-order valence-electron chi connectivity index (χ4n) is 2.75. The molecular weight excluding hydrogens is 356 g/mol. The summed E-state index contributed by atoms with van der Waals surface area (Å²) in [6.45, 7) is 2.38. The van der Waals surface area contributed by atoms with E-state index in [1.54, 1.807) is 12.1 Å². The molecule has 1 fully saturated rings. The molecule has 1 aliphatic rings. The minimum absolute atomic E-state index is 0.0598. The third-order valence-electron chi connectivity index (χ3n) is 4.12. The van der Waals surface area contributed by atoms with E-state index in [0.29, 0.717) is 18.9 Å². The lowest BCUT2D eigenvalue weighted by atomic mass is 10.2. The van der Waals surface area contributed by atoms with Crippen LogP contribution in [0.15, 0.2) is 42.5 Å². The smallest absolute Gasteiger partial charge is 0.251 e. The Morgan fingerprint density at radius 2 is 1.78 bits per heavy atom. The van der Waals surface area contributed by atoms with Gasteiger partial charge in [-0.25, -0.2) is 8.78 Å². The van der Waals surface area contributed by atoms with Crippen molar-refractivity contribution in [3.05, 3.63) is 59.7 Å². The van der Waals surface area contributed by atoms with E-state index in [1.807, 2.05) is 12.1 Å². The number of nitrogens with zero attached hydrogens (tertiary/aromatic N) is 1. The highest BCUT2D eigenvalue weighted by Gasteiger charge is 2.16. The molecule has 2 N–H and O–H groups in total. The standard InChI is InChI=1S/C19H19F2N3O3/c20-14-6-5-13(11-15(14)21)19(26)22-12-18(25)23-16-3-1-2-4-17(16)24-7-9-27-10-8-24/h1-6,11H,7-10,12H2,(H,22,26)(H,23,25). The molecular formula is C19H19F2N3O3. The first-order chi connectivity index (χ1) is 13.0. The van der Waals surface area contributed by atoms with Gasteiger partial charge in [-0.1, -0.05) is 12.1 Å². The minimum Gasteiger partial charge on any atom is -0.378 e. The predicted octanol–water partition coefficient (Wildman–Crippen LogP) is 2.17. The number of carbonyl (C=O) groups is 2. The summed E-state index contributed by atoms with van der Waals surface area (Å²) < 4.78 is 31.5. The van der Waals surface area contributed by atoms with Crippen molar-refractivity contribution in [3.63, 3.8) is 0 Å². The molecule has 0 saturated carbocycles. The van der Waals surface area contributed by atoms with Crippen LogP contribution in [0.4, 0.5) is 20.2 Å². The fraction of sp³-hybridized carbons (Fsp3) is 0.263. The van der Waals surface area contributed by atoms with Gasteiger partial charge in [-0.2, -0.15) is 0 Å². The molecule has 0 radical (unpaired) electrons. The zero-order valence-electron chi connectivity index (χ0n) is 14.5. The molecule has 27 heavy (non-hydrogen) atoms. The average Bonchev–Trinajstić information content (AvgIpc) is 2.69. The third-order valence-corrected chi connectivity index (χ3v) is 4.12. The van der Waals surface area contributed by atoms with Crippen LogP contribution in [0.25, 0.3) is 0 Å². The Labute approximate surface area is 155 Å². The molecule has 0 aliphatic carbocycles. The fourth-order valence-corrected chi connectivity index (χ4v) is 2.75. The van der Waals surface area contributed by atoms with Crippen LogP contribution in [0.5, 0.6) is 0 Å². The number of ether oxygens (including phenoxy) is 1. The van der Waals surface area contributed by atoms with E-state index < -0.39 is 23.4 Å². The van der Waals surface area contributed by atoms with Crippen LogP contribution < -0.4 is 15.5 Å². The molecule has 6 nitrogen and oxygen atoms in total. The predicted molar refractivity (Wildman–Crippen MR) is 96.8 cm³/mol. The molecule has 1 saturated heterocycles. The van der Waals surface area contributed by atoms with E-state index in [1.165, 1.54) is 0 Å². The van der Waals surface area contributed by atoms with Gasteiger partial charge in [0.1, 0.15) is 0 Å². The van der Waals surface area contributed by atoms with E-state index in [0.717, 1.165) is 37.0 Å². The Morgan fingerprint density at radius 1 is 1.04 bits per heavy atom. The van der Waals surface area contributed by atoms with Crippen LogP contribution in [0.2, 0.25) is 0 Å². The summed E-state index contributed by atoms with van der Waals surface area (Å²) in [7, 11) is 0. The van der Waals surface area contributed by atoms with Gasteiger partial charge in [0.2, 0.25) is 5.91 Å². The number of hydrogen-bond donors (Lipinski definition) is 2. The zero-order valence-corrected chi connectivity index (χ0v) is 14.5. The van der Waals surface area contributed by atoms with Gasteiger partial charge in [-0.3, -0.25) is 9.59 Å². The van der Waals surface area contributed by atoms with Gasteiger partial charge in [0, 0.05) is 18.7 Å². The van der Waals surface area contributed by atoms with Crippen molar-refractivity contribution in [1.82, 2.24) is 5.32 Å². The molecule has 0 unspecified atom stereocenters. The summed E-state index contributed by atoms with van der Waals surface area (Å²) in [5, 5.41) is 5.16. The summed E-state index contributed by atoms with van der Waals surface area (Å²) in [6, 6.07) is 10.2. The SMILES string of the molecule is O=C(CNC(=O)c1ccc(F)c(F)c1)Nc1ccccc1N1CCOCC1. The summed E-state index contributed by atoms with van der Waals surface area (Å²) in [4.78, 5) is 26.3. The number of nitrogens with one attached hydrogen (secondary N) is 2. The van der Waals surface area contributed by atoms with Crippen molar-refractivity contribution < 1.29 is 23.1 Å². The van der Waals surface area contributed by atoms with E-state index in [9.17, 15) is 18.4 Å². The van der Waals surface area contributed by atoms with Crippen LogP contribution in [0.1, 0.15) is 10.4 Å². The first-order valence-electron chi connectivity index (χ1n) is 8.49. The van der Waals surface area contributed by atoms with Crippen molar-refractivity contribution in [2.24, 2.45) is 0 Å². The van der Waals surface area contributed by atoms with E-state index in [-0.39, 0.29) is 12.1 Å². The summed E-state index contributed by atoms with van der Waals surface area (Å²) in [5.74, 6) is -3.24. The molecule has 3 rings (SSSR count). The molecule has 0 spiro atoms. The highest BCUT2D eigenvalue weighted by atomic mass is 19.2. The van der Waals surface area contributed by atoms with Crippen molar-refractivity contribution >= 4 is 23.2 Å². The Morgan fingerprint density at radius 3 is 2.52 bits per heavy atom. The monoisotopic (exact) mass is 375 g/mol. The van der Waals surface area contributed by atoms with Gasteiger partial charge in [0.15, 0.2) is 11.6 Å². The molecule has 1 aliphatic heterocycles. The Bertz CT molecular complexity index is 839. The number of amides is 2. The molecule has 0 bridgehead atoms. The van der Waals surface area contributed by atoms with Gasteiger partial charge in [-0.15, -0.1) is 0 Å². The lowest BCUT2D eigenvalue weighted by Gasteiger charge is -2.30. The molecule has 8 heteroatoms. The normalized spacial score (nSPS) is 13.9. The lowest BCUT2D eigenvalue weighted by molar-refractivity contribution is -0.115. The number of anilines is 2. The van der Waals surface area contributed by atoms with Crippen molar-refractivity contribution in [2.45, 2.75) is 0 Å². The van der Waals surface area contributed by atoms with Gasteiger partial charge >= 0.3 is 0 Å². The molecule has 142 valence electrons. The first-order valence-corrected chi connectivity index (χ1v) is 8.49. The van der Waals surface area contributed by atoms with Gasteiger partial charge in [0.25, 0.3) is 5.91 Å². The molecule has 0 aromatic heterocycles. The second kappa shape index (κ2) is 8.59. The van der Waals surface area contributed by atoms with Gasteiger partial charge in [0.05, 0.1) is 31.1 Å². The van der Waals surface area contributed by atoms with Crippen LogP contribution in [-0.2, 0) is 9.53 Å². The maximum absolute atomic E-state index is 13.2. The highest BCUT2D eigenvalue weighted by Crippen LogP contribution is 2.26. The Hall–Kier alpha value is -3.00. The maximum atomic E-state index is 13.2. The molecule has 2 aromatic rings. The number of halogens is 2. The van der Waals surface area contributed by atoms with Crippen molar-refractivity contribution in [2.75, 3.05) is 43.1 Å². The second-order valence-electron chi connectivity index (χ2n) is 5.98. The molecule has 1 heterocycles. The maximum Gasteiger partial charge on any atom is 0.251 e. The molecule has 0 atom stereocenters. The Balaban J connectivity index is 1.59. The topological polar surface area (TPSA) is 70.7 Å². The van der Waals surface area contributed by atoms with Crippen LogP contribution in [-0.4, -0.2) is 44.7 Å². The quantitative estimate of drug-likeness (QED) is 0.840. The third kappa shape index (κ3) is 4.79. The largest absolute Gasteiger partial charge is 0.378 e. The first kappa shape index (κ1) is 18.8. The number of morpholine rings is 1. The number of carbonyl (C=O) groups excluding carboxylic acids is 2. The van der Waals surface area contributed by atoms with E-state index in [2.05, 4.69) is 15.5 Å². The summed E-state index contributed by atoms with van der Waals surface area (Å²) in [6.07, 6.45) is 0. The summed E-state index contributed by atoms with van der Waals surface area (Å²) in [5.41, 5.74) is 1.45. The summed E-state index contributed by atoms with van der Waals surface area (Å²) >= 11 is 0. The second-order valence-corrected chi connectivity index (χ2v) is 5.98. The number of para-hydroxylation sites is 2. The zero-order chi connectivity index (χ0) is 19.2. The number of benzene rings is 2. The average molecular weight is 375 g/mol. The van der Waals surface area contributed by atoms with Crippen LogP contribution >= 0.6 is 0 Å². The van der Waals surface area contributed by atoms with Crippen LogP contribution in [0, 0.1) is 11.6 Å². The highest BCUT2D eigenvalue weighted by molar-refractivity contribution is 6.00. The number of hydrogen-bond acceptors (Lipinski definition) is 4. The number of rotatable bonds is 5. The van der Waals surface area contributed by atoms with Crippen molar-refractivity contribution in [3.8, 4) is 0 Å². The van der Waals surface area contributed by atoms with Crippen LogP contribution in [0.3, 0.4) is 0 Å². The van der Waals surface area contributed by atoms with Gasteiger partial charge in [-0.05, 0) is 30.3 Å². The lowest BCUT2D eigenvalue weighted by Crippen LogP contribution is -2.37. The Kier molecular flexibility index (Phi) is 5.97. The minimum atomic E-state index is -1.12. The molecule has 2 amide bonds. The van der Waals surface area contributed by atoms with E-state index >= 15 is 0 Å².